The third-order valence-corrected chi connectivity index (χ3v) is 4.19. The quantitative estimate of drug-likeness (QED) is 0.454. The van der Waals surface area contributed by atoms with E-state index in [1.165, 1.54) is 49.7 Å². The Morgan fingerprint density at radius 1 is 1.37 bits per heavy atom. The molecule has 0 aromatic heterocycles. The second-order valence-corrected chi connectivity index (χ2v) is 5.74. The van der Waals surface area contributed by atoms with Crippen LogP contribution in [0.4, 0.5) is 0 Å². The predicted molar refractivity (Wildman–Crippen MR) is 86.2 cm³/mol. The molecule has 1 aliphatic carbocycles. The molecule has 0 saturated heterocycles. The van der Waals surface area contributed by atoms with Crippen LogP contribution in [0.2, 0.25) is 0 Å². The predicted octanol–water partition coefficient (Wildman–Crippen LogP) is 6.22. The van der Waals surface area contributed by atoms with Crippen molar-refractivity contribution in [3.63, 3.8) is 0 Å². The fourth-order valence-corrected chi connectivity index (χ4v) is 3.03. The van der Waals surface area contributed by atoms with Gasteiger partial charge in [-0.05, 0) is 49.5 Å². The summed E-state index contributed by atoms with van der Waals surface area (Å²) in [6.45, 7) is 10.9. The molecule has 0 amide bonds. The van der Waals surface area contributed by atoms with Crippen molar-refractivity contribution in [1.29, 1.82) is 0 Å². The largest absolute Gasteiger partial charge is 0.129 e. The maximum atomic E-state index is 3.95. The van der Waals surface area contributed by atoms with Gasteiger partial charge in [-0.1, -0.05) is 64.0 Å². The third kappa shape index (κ3) is 5.25. The lowest BCUT2D eigenvalue weighted by atomic mass is 9.81. The molecule has 0 aliphatic heterocycles. The van der Waals surface area contributed by atoms with Crippen LogP contribution in [-0.2, 0) is 0 Å². The number of allylic oxidation sites excluding steroid dienone is 5. The molecule has 0 heteroatoms. The van der Waals surface area contributed by atoms with Crippen LogP contribution in [0.1, 0.15) is 65.7 Å². The van der Waals surface area contributed by atoms with Crippen molar-refractivity contribution >= 4 is 0 Å². The summed E-state index contributed by atoms with van der Waals surface area (Å²) in [6.07, 6.45) is 15.7. The van der Waals surface area contributed by atoms with Crippen molar-refractivity contribution in [2.24, 2.45) is 11.8 Å². The zero-order chi connectivity index (χ0) is 14.1. The summed E-state index contributed by atoms with van der Waals surface area (Å²) < 4.78 is 0. The first-order valence-electron chi connectivity index (χ1n) is 7.98. The first kappa shape index (κ1) is 16.1. The van der Waals surface area contributed by atoms with Gasteiger partial charge in [-0.25, -0.2) is 0 Å². The Morgan fingerprint density at radius 2 is 2.16 bits per heavy atom. The van der Waals surface area contributed by atoms with Gasteiger partial charge in [0.2, 0.25) is 0 Å². The molecule has 0 bridgehead atoms. The lowest BCUT2D eigenvalue weighted by molar-refractivity contribution is 0.461. The van der Waals surface area contributed by atoms with E-state index < -0.39 is 0 Å². The molecule has 106 valence electrons. The van der Waals surface area contributed by atoms with Crippen LogP contribution in [0, 0.1) is 11.8 Å². The molecule has 19 heavy (non-hydrogen) atoms. The Hall–Kier alpha value is -1.00. The summed E-state index contributed by atoms with van der Waals surface area (Å²) in [5.41, 5.74) is 6.22. The molecule has 1 rings (SSSR count). The fourth-order valence-electron chi connectivity index (χ4n) is 3.03. The first-order chi connectivity index (χ1) is 9.22. The van der Waals surface area contributed by atoms with Crippen molar-refractivity contribution in [2.45, 2.75) is 65.7 Å². The van der Waals surface area contributed by atoms with Gasteiger partial charge in [0.15, 0.2) is 0 Å². The third-order valence-electron chi connectivity index (χ3n) is 4.19. The topological polar surface area (TPSA) is 0 Å². The zero-order valence-corrected chi connectivity index (χ0v) is 13.0. The van der Waals surface area contributed by atoms with E-state index in [1.54, 1.807) is 0 Å². The highest BCUT2D eigenvalue weighted by atomic mass is 14.2. The van der Waals surface area contributed by atoms with Crippen molar-refractivity contribution < 1.29 is 0 Å². The Bertz CT molecular complexity index is 363. The van der Waals surface area contributed by atoms with Gasteiger partial charge in [-0.3, -0.25) is 0 Å². The Balaban J connectivity index is 2.64. The average Bonchev–Trinajstić information content (AvgIpc) is 2.44. The Kier molecular flexibility index (Phi) is 7.60. The summed E-state index contributed by atoms with van der Waals surface area (Å²) in [5, 5.41) is 0. The Morgan fingerprint density at radius 3 is 2.68 bits per heavy atom. The summed E-state index contributed by atoms with van der Waals surface area (Å²) >= 11 is 0. The van der Waals surface area contributed by atoms with Gasteiger partial charge >= 0.3 is 0 Å². The molecule has 1 aliphatic rings. The van der Waals surface area contributed by atoms with Crippen LogP contribution >= 0.6 is 0 Å². The number of rotatable bonds is 8. The molecule has 0 heterocycles. The maximum Gasteiger partial charge on any atom is -0.0113 e. The SMILES string of the molecule is C=C=C(C(C)CC1=CCCC=C1)C(CC)CCCC. The van der Waals surface area contributed by atoms with Crippen LogP contribution < -0.4 is 0 Å². The van der Waals surface area contributed by atoms with E-state index >= 15 is 0 Å². The van der Waals surface area contributed by atoms with Crippen molar-refractivity contribution in [1.82, 2.24) is 0 Å². The first-order valence-corrected chi connectivity index (χ1v) is 7.98. The maximum absolute atomic E-state index is 3.95. The number of hydrogen-bond donors (Lipinski definition) is 0. The zero-order valence-electron chi connectivity index (χ0n) is 13.0. The summed E-state index contributed by atoms with van der Waals surface area (Å²) in [5.74, 6) is 1.26. The standard InChI is InChI=1S/C19H30/c1-5-8-14-18(6-2)19(7-3)16(4)15-17-12-10-9-11-13-17/h10,12-13,16,18H,3,5-6,8-9,11,14-15H2,1-2,4H3. The van der Waals surface area contributed by atoms with E-state index in [4.69, 9.17) is 0 Å². The molecule has 0 fully saturated rings. The van der Waals surface area contributed by atoms with E-state index in [2.05, 4.69) is 51.3 Å². The monoisotopic (exact) mass is 258 g/mol. The van der Waals surface area contributed by atoms with Gasteiger partial charge in [0.25, 0.3) is 0 Å². The van der Waals surface area contributed by atoms with Gasteiger partial charge in [0, 0.05) is 0 Å². The lowest BCUT2D eigenvalue weighted by Gasteiger charge is -2.23. The van der Waals surface area contributed by atoms with Gasteiger partial charge in [0.05, 0.1) is 0 Å². The van der Waals surface area contributed by atoms with E-state index in [1.807, 2.05) is 0 Å². The molecule has 0 radical (unpaired) electrons. The highest BCUT2D eigenvalue weighted by molar-refractivity contribution is 5.24. The van der Waals surface area contributed by atoms with E-state index in [0.29, 0.717) is 11.8 Å². The highest BCUT2D eigenvalue weighted by Gasteiger charge is 2.18. The van der Waals surface area contributed by atoms with Crippen molar-refractivity contribution in [3.05, 3.63) is 41.7 Å². The molecule has 0 nitrogen and oxygen atoms in total. The van der Waals surface area contributed by atoms with Gasteiger partial charge < -0.3 is 0 Å². The average molecular weight is 258 g/mol. The van der Waals surface area contributed by atoms with Gasteiger partial charge in [-0.15, -0.1) is 5.73 Å². The highest BCUT2D eigenvalue weighted by Crippen LogP contribution is 2.31. The summed E-state index contributed by atoms with van der Waals surface area (Å²) in [4.78, 5) is 0. The molecule has 0 saturated carbocycles. The minimum Gasteiger partial charge on any atom is -0.129 e. The van der Waals surface area contributed by atoms with Crippen LogP contribution in [0.15, 0.2) is 41.7 Å². The fraction of sp³-hybridized carbons (Fsp3) is 0.632. The molecule has 0 spiro atoms. The second-order valence-electron chi connectivity index (χ2n) is 5.74. The summed E-state index contributed by atoms with van der Waals surface area (Å²) in [6, 6.07) is 0. The minimum absolute atomic E-state index is 0.577. The van der Waals surface area contributed by atoms with Crippen molar-refractivity contribution in [3.8, 4) is 0 Å². The van der Waals surface area contributed by atoms with Crippen molar-refractivity contribution in [2.75, 3.05) is 0 Å². The second kappa shape index (κ2) is 8.99. The van der Waals surface area contributed by atoms with Crippen LogP contribution in [0.25, 0.3) is 0 Å². The van der Waals surface area contributed by atoms with Crippen LogP contribution in [0.5, 0.6) is 0 Å². The smallest absolute Gasteiger partial charge is 0.0113 e. The van der Waals surface area contributed by atoms with E-state index in [9.17, 15) is 0 Å². The van der Waals surface area contributed by atoms with Crippen LogP contribution in [-0.4, -0.2) is 0 Å². The molecule has 0 aromatic carbocycles. The number of unbranched alkanes of at least 4 members (excludes halogenated alkanes) is 1. The lowest BCUT2D eigenvalue weighted by Crippen LogP contribution is -2.11. The number of hydrogen-bond acceptors (Lipinski definition) is 0. The Labute approximate surface area is 120 Å². The molecule has 0 N–H and O–H groups in total. The molecule has 2 unspecified atom stereocenters. The molecular formula is C19H30. The minimum atomic E-state index is 0.577. The normalized spacial score (nSPS) is 17.5. The summed E-state index contributed by atoms with van der Waals surface area (Å²) in [7, 11) is 0. The van der Waals surface area contributed by atoms with Crippen LogP contribution in [0.3, 0.4) is 0 Å². The van der Waals surface area contributed by atoms with E-state index in [0.717, 1.165) is 6.42 Å². The van der Waals surface area contributed by atoms with Gasteiger partial charge in [0.1, 0.15) is 0 Å². The molecular weight excluding hydrogens is 228 g/mol. The van der Waals surface area contributed by atoms with Gasteiger partial charge in [-0.2, -0.15) is 0 Å². The molecule has 0 aromatic rings. The molecule has 2 atom stereocenters. The van der Waals surface area contributed by atoms with E-state index in [-0.39, 0.29) is 0 Å².